The van der Waals surface area contributed by atoms with E-state index in [0.29, 0.717) is 12.3 Å². The first-order valence-electron chi connectivity index (χ1n) is 7.57. The number of thioether (sulfide) groups is 1. The number of nitro groups is 1. The molecule has 0 radical (unpaired) electrons. The molecule has 2 aromatic carbocycles. The second-order valence-corrected chi connectivity index (χ2v) is 6.13. The van der Waals surface area contributed by atoms with Crippen LogP contribution in [0.5, 0.6) is 0 Å². The molecule has 0 saturated carbocycles. The van der Waals surface area contributed by atoms with E-state index in [-0.39, 0.29) is 17.3 Å². The number of nitrogens with zero attached hydrogens (tertiary/aromatic N) is 3. The molecule has 0 unspecified atom stereocenters. The summed E-state index contributed by atoms with van der Waals surface area (Å²) in [5.74, 6) is -0.350. The molecule has 0 bridgehead atoms. The molecule has 0 saturated heterocycles. The molecule has 0 spiro atoms. The summed E-state index contributed by atoms with van der Waals surface area (Å²) in [7, 11) is 0. The average Bonchev–Trinajstić information content (AvgIpc) is 3.09. The summed E-state index contributed by atoms with van der Waals surface area (Å²) in [6.45, 7) is 0. The summed E-state index contributed by atoms with van der Waals surface area (Å²) in [6, 6.07) is 13.4. The number of para-hydroxylation sites is 1. The van der Waals surface area contributed by atoms with E-state index in [1.165, 1.54) is 18.2 Å². The van der Waals surface area contributed by atoms with Crippen molar-refractivity contribution >= 4 is 29.4 Å². The van der Waals surface area contributed by atoms with Crippen molar-refractivity contribution in [3.8, 4) is 0 Å². The summed E-state index contributed by atoms with van der Waals surface area (Å²) in [6.07, 6.45) is 2.42. The van der Waals surface area contributed by atoms with Crippen LogP contribution in [-0.4, -0.2) is 27.3 Å². The van der Waals surface area contributed by atoms with Gasteiger partial charge in [0, 0.05) is 11.0 Å². The summed E-state index contributed by atoms with van der Waals surface area (Å²) in [4.78, 5) is 23.8. The molecule has 9 heteroatoms. The average molecular weight is 370 g/mol. The Morgan fingerprint density at radius 2 is 1.92 bits per heavy atom. The third kappa shape index (κ3) is 4.06. The second-order valence-electron chi connectivity index (χ2n) is 5.25. The molecule has 0 aliphatic carbocycles. The lowest BCUT2D eigenvalue weighted by Gasteiger charge is -2.01. The van der Waals surface area contributed by atoms with Crippen LogP contribution in [0.1, 0.15) is 21.8 Å². The number of carbonyl (C=O) groups excluding carboxylic acids is 1. The number of aromatic nitrogens is 2. The summed E-state index contributed by atoms with van der Waals surface area (Å²) in [5, 5.41) is 21.0. The van der Waals surface area contributed by atoms with Crippen molar-refractivity contribution in [3.05, 3.63) is 75.7 Å². The zero-order valence-corrected chi connectivity index (χ0v) is 14.5. The molecule has 1 aromatic heterocycles. The Balaban J connectivity index is 1.70. The zero-order chi connectivity index (χ0) is 18.5. The molecule has 0 fully saturated rings. The molecule has 1 heterocycles. The lowest BCUT2D eigenvalue weighted by Crippen LogP contribution is -2.14. The summed E-state index contributed by atoms with van der Waals surface area (Å²) < 4.78 is 5.41. The van der Waals surface area contributed by atoms with Crippen LogP contribution >= 0.6 is 11.8 Å². The van der Waals surface area contributed by atoms with Crippen LogP contribution in [0.15, 0.2) is 57.8 Å². The van der Waals surface area contributed by atoms with Crippen molar-refractivity contribution in [2.24, 2.45) is 0 Å². The highest BCUT2D eigenvalue weighted by molar-refractivity contribution is 7.98. The maximum Gasteiger partial charge on any atom is 0.322 e. The van der Waals surface area contributed by atoms with Gasteiger partial charge in [-0.1, -0.05) is 29.4 Å². The van der Waals surface area contributed by atoms with Gasteiger partial charge in [0.1, 0.15) is 5.56 Å². The number of anilines is 1. The Hall–Kier alpha value is -3.20. The summed E-state index contributed by atoms with van der Waals surface area (Å²) >= 11 is 1.65. The van der Waals surface area contributed by atoms with E-state index in [1.807, 2.05) is 30.5 Å². The summed E-state index contributed by atoms with van der Waals surface area (Å²) in [5.41, 5.74) is 0.617. The monoisotopic (exact) mass is 370 g/mol. The first-order chi connectivity index (χ1) is 12.6. The van der Waals surface area contributed by atoms with E-state index < -0.39 is 10.8 Å². The highest BCUT2D eigenvalue weighted by atomic mass is 32.2. The van der Waals surface area contributed by atoms with Crippen LogP contribution in [0, 0.1) is 10.1 Å². The van der Waals surface area contributed by atoms with Crippen molar-refractivity contribution in [1.29, 1.82) is 0 Å². The van der Waals surface area contributed by atoms with Crippen molar-refractivity contribution in [3.63, 3.8) is 0 Å². The number of amides is 1. The fourth-order valence-electron chi connectivity index (χ4n) is 2.28. The molecule has 0 aliphatic heterocycles. The smallest absolute Gasteiger partial charge is 0.322 e. The molecule has 3 aromatic rings. The minimum absolute atomic E-state index is 0.0788. The van der Waals surface area contributed by atoms with Crippen LogP contribution in [0.3, 0.4) is 0 Å². The number of benzene rings is 2. The number of hydrogen-bond donors (Lipinski definition) is 1. The van der Waals surface area contributed by atoms with Crippen LogP contribution in [0.4, 0.5) is 11.7 Å². The molecule has 8 nitrogen and oxygen atoms in total. The lowest BCUT2D eigenvalue weighted by molar-refractivity contribution is -0.385. The van der Waals surface area contributed by atoms with Crippen molar-refractivity contribution in [2.45, 2.75) is 11.3 Å². The molecule has 1 N–H and O–H groups in total. The molecule has 26 heavy (non-hydrogen) atoms. The predicted molar refractivity (Wildman–Crippen MR) is 96.4 cm³/mol. The van der Waals surface area contributed by atoms with Gasteiger partial charge in [-0.3, -0.25) is 20.2 Å². The molecule has 0 aliphatic rings. The van der Waals surface area contributed by atoms with Crippen LogP contribution in [0.2, 0.25) is 0 Å². The highest BCUT2D eigenvalue weighted by Crippen LogP contribution is 2.20. The molecular formula is C17H14N4O4S. The van der Waals surface area contributed by atoms with Crippen LogP contribution < -0.4 is 5.32 Å². The molecule has 132 valence electrons. The maximum absolute atomic E-state index is 12.2. The maximum atomic E-state index is 12.2. The van der Waals surface area contributed by atoms with Gasteiger partial charge in [-0.05, 0) is 30.0 Å². The van der Waals surface area contributed by atoms with E-state index in [4.69, 9.17) is 4.42 Å². The van der Waals surface area contributed by atoms with Gasteiger partial charge in [0.05, 0.1) is 11.3 Å². The molecule has 3 rings (SSSR count). The number of hydrogen-bond acceptors (Lipinski definition) is 7. The Morgan fingerprint density at radius 3 is 2.62 bits per heavy atom. The van der Waals surface area contributed by atoms with Crippen molar-refractivity contribution in [1.82, 2.24) is 10.2 Å². The SMILES string of the molecule is CSc1ccc(Cc2nnc(NC(=O)c3ccccc3[N+](=O)[O-])o2)cc1. The Kier molecular flexibility index (Phi) is 5.28. The minimum Gasteiger partial charge on any atom is -0.407 e. The lowest BCUT2D eigenvalue weighted by atomic mass is 10.1. The molecule has 1 amide bonds. The number of carbonyl (C=O) groups is 1. The molecular weight excluding hydrogens is 356 g/mol. The van der Waals surface area contributed by atoms with E-state index in [1.54, 1.807) is 17.8 Å². The van der Waals surface area contributed by atoms with E-state index in [2.05, 4.69) is 15.5 Å². The van der Waals surface area contributed by atoms with Gasteiger partial charge in [0.2, 0.25) is 5.89 Å². The largest absolute Gasteiger partial charge is 0.407 e. The van der Waals surface area contributed by atoms with E-state index in [9.17, 15) is 14.9 Å². The van der Waals surface area contributed by atoms with Gasteiger partial charge >= 0.3 is 6.01 Å². The van der Waals surface area contributed by atoms with Gasteiger partial charge in [-0.2, -0.15) is 0 Å². The third-order valence-corrected chi connectivity index (χ3v) is 4.29. The van der Waals surface area contributed by atoms with Gasteiger partial charge < -0.3 is 4.42 Å². The number of rotatable bonds is 6. The quantitative estimate of drug-likeness (QED) is 0.401. The zero-order valence-electron chi connectivity index (χ0n) is 13.7. The second kappa shape index (κ2) is 7.79. The predicted octanol–water partition coefficient (Wildman–Crippen LogP) is 3.54. The van der Waals surface area contributed by atoms with E-state index >= 15 is 0 Å². The fourth-order valence-corrected chi connectivity index (χ4v) is 2.69. The molecule has 0 atom stereocenters. The van der Waals surface area contributed by atoms with E-state index in [0.717, 1.165) is 10.5 Å². The van der Waals surface area contributed by atoms with Crippen LogP contribution in [0.25, 0.3) is 0 Å². The van der Waals surface area contributed by atoms with Gasteiger partial charge in [-0.15, -0.1) is 16.9 Å². The Labute approximate surface area is 152 Å². The third-order valence-electron chi connectivity index (χ3n) is 3.55. The minimum atomic E-state index is -0.683. The highest BCUT2D eigenvalue weighted by Gasteiger charge is 2.21. The first kappa shape index (κ1) is 17.6. The van der Waals surface area contributed by atoms with Gasteiger partial charge in [0.25, 0.3) is 11.6 Å². The Bertz CT molecular complexity index is 940. The first-order valence-corrected chi connectivity index (χ1v) is 8.79. The van der Waals surface area contributed by atoms with Crippen molar-refractivity contribution < 1.29 is 14.1 Å². The van der Waals surface area contributed by atoms with Crippen LogP contribution in [-0.2, 0) is 6.42 Å². The Morgan fingerprint density at radius 1 is 1.19 bits per heavy atom. The standard InChI is InChI=1S/C17H14N4O4S/c1-26-12-8-6-11(7-9-12)10-15-19-20-17(25-15)18-16(22)13-4-2-3-5-14(13)21(23)24/h2-9H,10H2,1H3,(H,18,20,22). The number of nitro benzene ring substituents is 1. The van der Waals surface area contributed by atoms with Crippen molar-refractivity contribution in [2.75, 3.05) is 11.6 Å². The van der Waals surface area contributed by atoms with Gasteiger partial charge in [0.15, 0.2) is 0 Å². The number of nitrogens with one attached hydrogen (secondary N) is 1. The van der Waals surface area contributed by atoms with Gasteiger partial charge in [-0.25, -0.2) is 0 Å². The fraction of sp³-hybridized carbons (Fsp3) is 0.118. The topological polar surface area (TPSA) is 111 Å². The normalized spacial score (nSPS) is 10.5.